The zero-order valence-corrected chi connectivity index (χ0v) is 19.4. The van der Waals surface area contributed by atoms with Crippen molar-refractivity contribution in [2.75, 3.05) is 27.3 Å². The molecule has 0 fully saturated rings. The number of ether oxygens (including phenoxy) is 2. The van der Waals surface area contributed by atoms with Gasteiger partial charge in [0, 0.05) is 31.4 Å². The molecule has 0 aliphatic heterocycles. The van der Waals surface area contributed by atoms with Gasteiger partial charge in [-0.05, 0) is 41.0 Å². The van der Waals surface area contributed by atoms with E-state index in [-0.39, 0.29) is 6.54 Å². The summed E-state index contributed by atoms with van der Waals surface area (Å²) in [4.78, 5) is 9.24. The molecule has 0 radical (unpaired) electrons. The van der Waals surface area contributed by atoms with Gasteiger partial charge in [-0.1, -0.05) is 12.1 Å². The Morgan fingerprint density at radius 3 is 2.37 bits per heavy atom. The summed E-state index contributed by atoms with van der Waals surface area (Å²) < 4.78 is 50.4. The van der Waals surface area contributed by atoms with Crippen LogP contribution in [0.15, 0.2) is 61.1 Å². The summed E-state index contributed by atoms with van der Waals surface area (Å²) in [6.45, 7) is -1.08. The van der Waals surface area contributed by atoms with E-state index in [1.165, 1.54) is 0 Å². The highest BCUT2D eigenvalue weighted by Crippen LogP contribution is 2.32. The average Bonchev–Trinajstić information content (AvgIpc) is 3.28. The zero-order valence-electron chi connectivity index (χ0n) is 19.4. The Balaban J connectivity index is 1.77. The maximum atomic E-state index is 12.6. The predicted octanol–water partition coefficient (Wildman–Crippen LogP) is 4.63. The van der Waals surface area contributed by atoms with Gasteiger partial charge in [0.05, 0.1) is 49.9 Å². The van der Waals surface area contributed by atoms with E-state index in [2.05, 4.69) is 15.4 Å². The van der Waals surface area contributed by atoms with Gasteiger partial charge < -0.3 is 14.8 Å². The number of rotatable bonds is 8. The first-order valence-corrected chi connectivity index (χ1v) is 10.7. The fourth-order valence-corrected chi connectivity index (χ4v) is 3.63. The Hall–Kier alpha value is -3.92. The summed E-state index contributed by atoms with van der Waals surface area (Å²) in [6.07, 6.45) is 2.65. The highest BCUT2D eigenvalue weighted by atomic mass is 19.4. The summed E-state index contributed by atoms with van der Waals surface area (Å²) in [6, 6.07) is 10.9. The van der Waals surface area contributed by atoms with Gasteiger partial charge in [0.15, 0.2) is 0 Å². The number of hydrogen-bond acceptors (Lipinski definition) is 6. The van der Waals surface area contributed by atoms with Gasteiger partial charge in [-0.2, -0.15) is 18.3 Å². The largest absolute Gasteiger partial charge is 0.497 e. The van der Waals surface area contributed by atoms with E-state index in [0.717, 1.165) is 16.7 Å². The smallest absolute Gasteiger partial charge is 0.401 e. The van der Waals surface area contributed by atoms with E-state index in [1.54, 1.807) is 55.6 Å². The van der Waals surface area contributed by atoms with Crippen LogP contribution < -0.4 is 14.8 Å². The zero-order chi connectivity index (χ0) is 25.0. The van der Waals surface area contributed by atoms with Crippen molar-refractivity contribution in [2.24, 2.45) is 7.05 Å². The van der Waals surface area contributed by atoms with Crippen LogP contribution in [0.1, 0.15) is 11.1 Å². The average molecular weight is 483 g/mol. The lowest BCUT2D eigenvalue weighted by molar-refractivity contribution is -0.124. The minimum Gasteiger partial charge on any atom is -0.497 e. The normalized spacial score (nSPS) is 12.2. The number of methoxy groups -OCH3 is 2. The highest BCUT2D eigenvalue weighted by molar-refractivity contribution is 5.87. The number of benzene rings is 2. The number of fused-ring (bicyclic) bond motifs is 1. The molecule has 2 aromatic heterocycles. The Morgan fingerprint density at radius 2 is 1.74 bits per heavy atom. The summed E-state index contributed by atoms with van der Waals surface area (Å²) >= 11 is 0. The van der Waals surface area contributed by atoms with Crippen molar-refractivity contribution in [1.82, 2.24) is 25.1 Å². The molecule has 0 bridgehead atoms. The summed E-state index contributed by atoms with van der Waals surface area (Å²) in [5.41, 5.74) is 5.03. The van der Waals surface area contributed by atoms with E-state index in [1.807, 2.05) is 31.4 Å². The van der Waals surface area contributed by atoms with E-state index >= 15 is 0 Å². The van der Waals surface area contributed by atoms with Crippen molar-refractivity contribution in [3.05, 3.63) is 72.2 Å². The van der Waals surface area contributed by atoms with E-state index in [9.17, 15) is 13.2 Å². The van der Waals surface area contributed by atoms with Crippen molar-refractivity contribution >= 4 is 16.6 Å². The Kier molecular flexibility index (Phi) is 7.02. The lowest BCUT2D eigenvalue weighted by Gasteiger charge is -2.14. The monoisotopic (exact) mass is 483 g/mol. The van der Waals surface area contributed by atoms with Crippen LogP contribution >= 0.6 is 0 Å². The van der Waals surface area contributed by atoms with Gasteiger partial charge in [-0.3, -0.25) is 9.67 Å². The SMILES string of the molecule is COc1cc(OC)cc(/C(=C/CNCC(F)(F)F)c2ccc3ncc(-c4cnn(C)c4)nc3c2)c1. The van der Waals surface area contributed by atoms with E-state index in [0.29, 0.717) is 33.8 Å². The number of nitrogens with one attached hydrogen (secondary N) is 1. The van der Waals surface area contributed by atoms with Crippen LogP contribution in [0, 0.1) is 0 Å². The summed E-state index contributed by atoms with van der Waals surface area (Å²) in [5.74, 6) is 1.13. The maximum Gasteiger partial charge on any atom is 0.401 e. The number of aromatic nitrogens is 4. The number of halogens is 3. The minimum absolute atomic E-state index is 0.00775. The second-order valence-corrected chi connectivity index (χ2v) is 7.83. The van der Waals surface area contributed by atoms with Crippen LogP contribution in [-0.4, -0.2) is 53.2 Å². The molecular weight excluding hydrogens is 459 g/mol. The van der Waals surface area contributed by atoms with Crippen LogP contribution in [0.2, 0.25) is 0 Å². The van der Waals surface area contributed by atoms with Crippen molar-refractivity contribution < 1.29 is 22.6 Å². The third kappa shape index (κ3) is 5.96. The molecule has 0 saturated carbocycles. The molecule has 4 rings (SSSR count). The Bertz CT molecular complexity index is 1340. The third-order valence-corrected chi connectivity index (χ3v) is 5.29. The molecule has 1 N–H and O–H groups in total. The molecule has 35 heavy (non-hydrogen) atoms. The molecule has 0 atom stereocenters. The van der Waals surface area contributed by atoms with Crippen molar-refractivity contribution in [3.8, 4) is 22.8 Å². The molecule has 4 aromatic rings. The van der Waals surface area contributed by atoms with Gasteiger partial charge in [0.2, 0.25) is 0 Å². The molecule has 0 aliphatic rings. The van der Waals surface area contributed by atoms with Gasteiger partial charge >= 0.3 is 6.18 Å². The second kappa shape index (κ2) is 10.1. The fourth-order valence-electron chi connectivity index (χ4n) is 3.63. The van der Waals surface area contributed by atoms with E-state index < -0.39 is 12.7 Å². The summed E-state index contributed by atoms with van der Waals surface area (Å²) in [5, 5.41) is 6.60. The molecule has 2 aromatic carbocycles. The lowest BCUT2D eigenvalue weighted by Crippen LogP contribution is -2.28. The molecule has 7 nitrogen and oxygen atoms in total. The van der Waals surface area contributed by atoms with Gasteiger partial charge in [0.1, 0.15) is 11.5 Å². The van der Waals surface area contributed by atoms with Gasteiger partial charge in [-0.25, -0.2) is 4.98 Å². The molecular formula is C25H24F3N5O2. The Morgan fingerprint density at radius 1 is 1.00 bits per heavy atom. The number of nitrogens with zero attached hydrogens (tertiary/aromatic N) is 4. The lowest BCUT2D eigenvalue weighted by atomic mass is 9.96. The third-order valence-electron chi connectivity index (χ3n) is 5.29. The molecule has 0 aliphatic carbocycles. The van der Waals surface area contributed by atoms with Crippen molar-refractivity contribution in [1.29, 1.82) is 0 Å². The molecule has 0 saturated heterocycles. The first-order valence-electron chi connectivity index (χ1n) is 10.7. The molecule has 182 valence electrons. The van der Waals surface area contributed by atoms with Crippen LogP contribution in [0.25, 0.3) is 27.9 Å². The fraction of sp³-hybridized carbons (Fsp3) is 0.240. The van der Waals surface area contributed by atoms with Gasteiger partial charge in [-0.15, -0.1) is 0 Å². The Labute approximate surface area is 200 Å². The molecule has 0 spiro atoms. The first kappa shape index (κ1) is 24.2. The first-order chi connectivity index (χ1) is 16.8. The number of aryl methyl sites for hydroxylation is 1. The van der Waals surface area contributed by atoms with E-state index in [4.69, 9.17) is 14.5 Å². The minimum atomic E-state index is -4.30. The molecule has 0 unspecified atom stereocenters. The molecule has 10 heteroatoms. The maximum absolute atomic E-state index is 12.6. The van der Waals surface area contributed by atoms with Gasteiger partial charge in [0.25, 0.3) is 0 Å². The molecule has 2 heterocycles. The predicted molar refractivity (Wildman–Crippen MR) is 127 cm³/mol. The van der Waals surface area contributed by atoms with Crippen LogP contribution in [0.4, 0.5) is 13.2 Å². The highest BCUT2D eigenvalue weighted by Gasteiger charge is 2.25. The quantitative estimate of drug-likeness (QED) is 0.369. The molecule has 0 amide bonds. The number of hydrogen-bond donors (Lipinski definition) is 1. The number of alkyl halides is 3. The van der Waals surface area contributed by atoms with Crippen molar-refractivity contribution in [3.63, 3.8) is 0 Å². The van der Waals surface area contributed by atoms with Crippen LogP contribution in [-0.2, 0) is 7.05 Å². The summed E-state index contributed by atoms with van der Waals surface area (Å²) in [7, 11) is 4.90. The van der Waals surface area contributed by atoms with Crippen molar-refractivity contribution in [2.45, 2.75) is 6.18 Å². The van der Waals surface area contributed by atoms with Crippen LogP contribution in [0.5, 0.6) is 11.5 Å². The topological polar surface area (TPSA) is 74.1 Å². The second-order valence-electron chi connectivity index (χ2n) is 7.83. The van der Waals surface area contributed by atoms with Crippen LogP contribution in [0.3, 0.4) is 0 Å². The standard InChI is InChI=1S/C25H24F3N5O2/c1-33-14-18(12-31-33)24-13-30-22-5-4-16(10-23(22)32-24)21(6-7-29-15-25(26,27)28)17-8-19(34-2)11-20(9-17)35-3/h4-6,8-14,29H,7,15H2,1-3H3/b21-6+.